The average Bonchev–Trinajstić information content (AvgIpc) is 3.11. The SMILES string of the molecule is CCc1cc(N2CCC(N[C@H](CC)c3ncnn3C)CC2)nc(N(C)C)n1. The zero-order valence-electron chi connectivity index (χ0n) is 17.2. The molecule has 3 rings (SSSR count). The van der Waals surface area contributed by atoms with E-state index in [4.69, 9.17) is 4.98 Å². The fourth-order valence-electron chi connectivity index (χ4n) is 3.57. The number of nitrogens with one attached hydrogen (secondary N) is 1. The van der Waals surface area contributed by atoms with Gasteiger partial charge in [-0.05, 0) is 25.7 Å². The number of rotatable bonds is 7. The Morgan fingerprint density at radius 2 is 1.96 bits per heavy atom. The second kappa shape index (κ2) is 8.65. The quantitative estimate of drug-likeness (QED) is 0.796. The van der Waals surface area contributed by atoms with E-state index < -0.39 is 0 Å². The summed E-state index contributed by atoms with van der Waals surface area (Å²) in [4.78, 5) is 18.1. The van der Waals surface area contributed by atoms with Gasteiger partial charge in [-0.2, -0.15) is 10.1 Å². The molecule has 1 aliphatic rings. The lowest BCUT2D eigenvalue weighted by atomic mass is 10.0. The minimum Gasteiger partial charge on any atom is -0.356 e. The molecule has 27 heavy (non-hydrogen) atoms. The molecule has 0 saturated carbocycles. The van der Waals surface area contributed by atoms with E-state index in [1.165, 1.54) is 0 Å². The van der Waals surface area contributed by atoms with Crippen LogP contribution in [-0.2, 0) is 13.5 Å². The van der Waals surface area contributed by atoms with E-state index in [-0.39, 0.29) is 6.04 Å². The molecule has 8 nitrogen and oxygen atoms in total. The van der Waals surface area contributed by atoms with Gasteiger partial charge in [0.25, 0.3) is 0 Å². The van der Waals surface area contributed by atoms with Gasteiger partial charge in [-0.25, -0.2) is 9.97 Å². The van der Waals surface area contributed by atoms with Crippen LogP contribution in [0, 0.1) is 0 Å². The summed E-state index contributed by atoms with van der Waals surface area (Å²) in [6, 6.07) is 2.87. The lowest BCUT2D eigenvalue weighted by molar-refractivity contribution is 0.349. The molecule has 8 heteroatoms. The molecule has 2 aromatic rings. The van der Waals surface area contributed by atoms with Crippen molar-refractivity contribution in [2.45, 2.75) is 51.6 Å². The Morgan fingerprint density at radius 1 is 1.22 bits per heavy atom. The van der Waals surface area contributed by atoms with Crippen LogP contribution in [0.2, 0.25) is 0 Å². The highest BCUT2D eigenvalue weighted by molar-refractivity contribution is 5.46. The second-order valence-electron chi connectivity index (χ2n) is 7.40. The third-order valence-corrected chi connectivity index (χ3v) is 5.24. The highest BCUT2D eigenvalue weighted by Gasteiger charge is 2.25. The Kier molecular flexibility index (Phi) is 6.26. The third-order valence-electron chi connectivity index (χ3n) is 5.24. The third kappa shape index (κ3) is 4.55. The number of aromatic nitrogens is 5. The van der Waals surface area contributed by atoms with Crippen LogP contribution >= 0.6 is 0 Å². The molecule has 0 unspecified atom stereocenters. The summed E-state index contributed by atoms with van der Waals surface area (Å²) >= 11 is 0. The van der Waals surface area contributed by atoms with Crippen molar-refractivity contribution in [2.75, 3.05) is 37.0 Å². The van der Waals surface area contributed by atoms with Crippen molar-refractivity contribution in [1.29, 1.82) is 0 Å². The first-order valence-corrected chi connectivity index (χ1v) is 9.92. The summed E-state index contributed by atoms with van der Waals surface area (Å²) in [6.45, 7) is 6.33. The monoisotopic (exact) mass is 372 g/mol. The van der Waals surface area contributed by atoms with Gasteiger partial charge in [-0.1, -0.05) is 13.8 Å². The molecule has 0 radical (unpaired) electrons. The highest BCUT2D eigenvalue weighted by Crippen LogP contribution is 2.23. The molecule has 0 amide bonds. The van der Waals surface area contributed by atoms with E-state index in [2.05, 4.69) is 45.2 Å². The summed E-state index contributed by atoms with van der Waals surface area (Å²) in [5.74, 6) is 2.85. The minimum absolute atomic E-state index is 0.250. The van der Waals surface area contributed by atoms with Crippen LogP contribution in [0.5, 0.6) is 0 Å². The van der Waals surface area contributed by atoms with E-state index in [1.807, 2.05) is 30.7 Å². The van der Waals surface area contributed by atoms with Gasteiger partial charge < -0.3 is 15.1 Å². The van der Waals surface area contributed by atoms with Crippen molar-refractivity contribution in [3.63, 3.8) is 0 Å². The number of aryl methyl sites for hydroxylation is 2. The van der Waals surface area contributed by atoms with Crippen molar-refractivity contribution in [3.05, 3.63) is 23.9 Å². The van der Waals surface area contributed by atoms with Gasteiger partial charge in [0.15, 0.2) is 0 Å². The van der Waals surface area contributed by atoms with Crippen LogP contribution in [0.15, 0.2) is 12.4 Å². The van der Waals surface area contributed by atoms with Crippen LogP contribution in [0.3, 0.4) is 0 Å². The summed E-state index contributed by atoms with van der Waals surface area (Å²) in [5, 5.41) is 7.99. The Morgan fingerprint density at radius 3 is 2.52 bits per heavy atom. The predicted molar refractivity (Wildman–Crippen MR) is 108 cm³/mol. The van der Waals surface area contributed by atoms with Gasteiger partial charge in [0, 0.05) is 52.0 Å². The van der Waals surface area contributed by atoms with Crippen LogP contribution in [0.4, 0.5) is 11.8 Å². The van der Waals surface area contributed by atoms with Crippen molar-refractivity contribution >= 4 is 11.8 Å². The molecule has 1 aliphatic heterocycles. The normalized spacial score (nSPS) is 16.6. The fourth-order valence-corrected chi connectivity index (χ4v) is 3.57. The van der Waals surface area contributed by atoms with Gasteiger partial charge in [0.2, 0.25) is 5.95 Å². The highest BCUT2D eigenvalue weighted by atomic mass is 15.3. The lowest BCUT2D eigenvalue weighted by Gasteiger charge is -2.35. The van der Waals surface area contributed by atoms with E-state index in [1.54, 1.807) is 6.33 Å². The molecule has 1 fully saturated rings. The molecular formula is C19H32N8. The first-order valence-electron chi connectivity index (χ1n) is 9.92. The summed E-state index contributed by atoms with van der Waals surface area (Å²) < 4.78 is 1.87. The van der Waals surface area contributed by atoms with Gasteiger partial charge in [0.05, 0.1) is 6.04 Å². The van der Waals surface area contributed by atoms with Crippen molar-refractivity contribution in [1.82, 2.24) is 30.0 Å². The largest absolute Gasteiger partial charge is 0.356 e. The van der Waals surface area contributed by atoms with Crippen molar-refractivity contribution < 1.29 is 0 Å². The van der Waals surface area contributed by atoms with Gasteiger partial charge in [0.1, 0.15) is 18.0 Å². The predicted octanol–water partition coefficient (Wildman–Crippen LogP) is 1.94. The Balaban J connectivity index is 1.63. The molecule has 1 saturated heterocycles. The summed E-state index contributed by atoms with van der Waals surface area (Å²) in [5.41, 5.74) is 1.09. The first-order chi connectivity index (χ1) is 13.0. The average molecular weight is 373 g/mol. The zero-order chi connectivity index (χ0) is 19.4. The molecule has 148 valence electrons. The fraction of sp³-hybridized carbons (Fsp3) is 0.684. The van der Waals surface area contributed by atoms with Crippen molar-refractivity contribution in [2.24, 2.45) is 7.05 Å². The van der Waals surface area contributed by atoms with Crippen molar-refractivity contribution in [3.8, 4) is 0 Å². The van der Waals surface area contributed by atoms with Crippen LogP contribution in [-0.4, -0.2) is 58.0 Å². The number of piperidine rings is 1. The second-order valence-corrected chi connectivity index (χ2v) is 7.40. The molecule has 1 N–H and O–H groups in total. The number of hydrogen-bond acceptors (Lipinski definition) is 7. The molecule has 3 heterocycles. The lowest BCUT2D eigenvalue weighted by Crippen LogP contribution is -2.44. The van der Waals surface area contributed by atoms with Crippen LogP contribution in [0.1, 0.15) is 50.7 Å². The maximum Gasteiger partial charge on any atom is 0.227 e. The number of nitrogens with zero attached hydrogens (tertiary/aromatic N) is 7. The van der Waals surface area contributed by atoms with Gasteiger partial charge in [-0.15, -0.1) is 0 Å². The van der Waals surface area contributed by atoms with E-state index in [9.17, 15) is 0 Å². The smallest absolute Gasteiger partial charge is 0.227 e. The van der Waals surface area contributed by atoms with Gasteiger partial charge in [-0.3, -0.25) is 4.68 Å². The maximum absolute atomic E-state index is 4.76. The van der Waals surface area contributed by atoms with Gasteiger partial charge >= 0.3 is 0 Å². The standard InChI is InChI=1S/C19H32N8/c1-6-14-12-17(24-19(23-14)25(3)4)27-10-8-15(9-11-27)22-16(7-2)18-20-13-21-26(18)5/h12-13,15-16,22H,6-11H2,1-5H3/t16-/m1/s1. The van der Waals surface area contributed by atoms with Crippen LogP contribution < -0.4 is 15.1 Å². The Labute approximate surface area is 162 Å². The Hall–Kier alpha value is -2.22. The zero-order valence-corrected chi connectivity index (χ0v) is 17.2. The molecule has 0 aliphatic carbocycles. The minimum atomic E-state index is 0.250. The first kappa shape index (κ1) is 19.5. The molecule has 0 aromatic carbocycles. The van der Waals surface area contributed by atoms with E-state index >= 15 is 0 Å². The summed E-state index contributed by atoms with van der Waals surface area (Å²) in [7, 11) is 5.94. The Bertz CT molecular complexity index is 733. The summed E-state index contributed by atoms with van der Waals surface area (Å²) in [6.07, 6.45) is 5.74. The molecule has 0 spiro atoms. The number of anilines is 2. The molecule has 0 bridgehead atoms. The molecular weight excluding hydrogens is 340 g/mol. The molecule has 1 atom stereocenters. The topological polar surface area (TPSA) is 75.0 Å². The van der Waals surface area contributed by atoms with Crippen LogP contribution in [0.25, 0.3) is 0 Å². The molecule has 2 aromatic heterocycles. The maximum atomic E-state index is 4.76. The number of hydrogen-bond donors (Lipinski definition) is 1. The van der Waals surface area contributed by atoms with E-state index in [0.717, 1.165) is 62.1 Å². The van der Waals surface area contributed by atoms with E-state index in [0.29, 0.717) is 6.04 Å².